The smallest absolute Gasteiger partial charge is 0.157 e. The second-order valence-corrected chi connectivity index (χ2v) is 4.09. The third-order valence-corrected chi connectivity index (χ3v) is 2.77. The molecular formula is C16H15NO. The summed E-state index contributed by atoms with van der Waals surface area (Å²) in [7, 11) is 0. The highest BCUT2D eigenvalue weighted by molar-refractivity contribution is 5.67. The first-order chi connectivity index (χ1) is 8.70. The Morgan fingerprint density at radius 1 is 0.944 bits per heavy atom. The van der Waals surface area contributed by atoms with Crippen molar-refractivity contribution in [3.05, 3.63) is 66.2 Å². The zero-order valence-corrected chi connectivity index (χ0v) is 10.4. The van der Waals surface area contributed by atoms with Crippen molar-refractivity contribution in [2.45, 2.75) is 6.92 Å². The Hall–Kier alpha value is -2.35. The Morgan fingerprint density at radius 2 is 1.44 bits per heavy atom. The maximum absolute atomic E-state index is 4.91. The number of hydrogen-bond acceptors (Lipinski definition) is 2. The molecule has 0 aromatic heterocycles. The van der Waals surface area contributed by atoms with E-state index < -0.39 is 0 Å². The zero-order chi connectivity index (χ0) is 13.0. The summed E-state index contributed by atoms with van der Waals surface area (Å²) in [6, 6.07) is 16.4. The molecule has 0 heterocycles. The van der Waals surface area contributed by atoms with Gasteiger partial charge in [0.15, 0.2) is 5.76 Å². The van der Waals surface area contributed by atoms with Gasteiger partial charge in [0.05, 0.1) is 0 Å². The summed E-state index contributed by atoms with van der Waals surface area (Å²) in [4.78, 5) is 4.91. The van der Waals surface area contributed by atoms with Crippen LogP contribution in [0.2, 0.25) is 0 Å². The van der Waals surface area contributed by atoms with E-state index in [4.69, 9.17) is 4.84 Å². The van der Waals surface area contributed by atoms with E-state index in [1.165, 1.54) is 11.1 Å². The maximum atomic E-state index is 4.91. The average molecular weight is 237 g/mol. The van der Waals surface area contributed by atoms with E-state index in [1.807, 2.05) is 24.3 Å². The van der Waals surface area contributed by atoms with Crippen LogP contribution in [-0.2, 0) is 4.84 Å². The van der Waals surface area contributed by atoms with Gasteiger partial charge in [-0.3, -0.25) is 0 Å². The molecule has 2 aromatic carbocycles. The largest absolute Gasteiger partial charge is 0.358 e. The van der Waals surface area contributed by atoms with Crippen LogP contribution in [0.25, 0.3) is 16.9 Å². The molecule has 2 heteroatoms. The maximum Gasteiger partial charge on any atom is 0.157 e. The Kier molecular flexibility index (Phi) is 3.58. The first-order valence-corrected chi connectivity index (χ1v) is 5.70. The third-order valence-electron chi connectivity index (χ3n) is 2.77. The topological polar surface area (TPSA) is 21.6 Å². The van der Waals surface area contributed by atoms with E-state index in [9.17, 15) is 0 Å². The Labute approximate surface area is 107 Å². The van der Waals surface area contributed by atoms with Crippen LogP contribution in [0.3, 0.4) is 0 Å². The van der Waals surface area contributed by atoms with Gasteiger partial charge in [-0.2, -0.15) is 0 Å². The van der Waals surface area contributed by atoms with E-state index in [0.29, 0.717) is 5.76 Å². The monoisotopic (exact) mass is 237 g/mol. The minimum Gasteiger partial charge on any atom is -0.358 e. The number of rotatable bonds is 4. The predicted molar refractivity (Wildman–Crippen MR) is 76.3 cm³/mol. The number of aryl methyl sites for hydroxylation is 1. The van der Waals surface area contributed by atoms with E-state index in [0.717, 1.165) is 11.1 Å². The Bertz CT molecular complexity index is 553. The van der Waals surface area contributed by atoms with Gasteiger partial charge < -0.3 is 4.84 Å². The minimum absolute atomic E-state index is 0.500. The van der Waals surface area contributed by atoms with Gasteiger partial charge in [0.2, 0.25) is 0 Å². The fourth-order valence-electron chi connectivity index (χ4n) is 1.73. The van der Waals surface area contributed by atoms with Gasteiger partial charge in [-0.25, -0.2) is 0 Å². The van der Waals surface area contributed by atoms with E-state index in [1.54, 1.807) is 0 Å². The van der Waals surface area contributed by atoms with Gasteiger partial charge in [-0.05, 0) is 18.1 Å². The van der Waals surface area contributed by atoms with Crippen molar-refractivity contribution < 1.29 is 4.84 Å². The first-order valence-electron chi connectivity index (χ1n) is 5.70. The molecule has 2 aromatic rings. The predicted octanol–water partition coefficient (Wildman–Crippen LogP) is 4.26. The number of nitrogens with zero attached hydrogens (tertiary/aromatic N) is 1. The minimum atomic E-state index is 0.500. The SMILES string of the molecule is C=NOC(=C)c1ccc(-c2ccc(C)cc2)cc1. The summed E-state index contributed by atoms with van der Waals surface area (Å²) in [6.45, 7) is 9.12. The standard InChI is InChI=1S/C16H15NO/c1-12-4-6-15(7-5-12)16-10-8-14(9-11-16)13(2)18-17-3/h4-11H,2-3H2,1H3. The van der Waals surface area contributed by atoms with Gasteiger partial charge in [0.25, 0.3) is 0 Å². The van der Waals surface area contributed by atoms with Crippen LogP contribution in [0.5, 0.6) is 0 Å². The highest BCUT2D eigenvalue weighted by Crippen LogP contribution is 2.22. The highest BCUT2D eigenvalue weighted by atomic mass is 16.6. The molecule has 0 radical (unpaired) electrons. The highest BCUT2D eigenvalue weighted by Gasteiger charge is 2.01. The normalized spacial score (nSPS) is 9.83. The quantitative estimate of drug-likeness (QED) is 0.442. The summed E-state index contributed by atoms with van der Waals surface area (Å²) < 4.78 is 0. The first kappa shape index (κ1) is 12.1. The van der Waals surface area contributed by atoms with Crippen molar-refractivity contribution in [1.29, 1.82) is 0 Å². The summed E-state index contributed by atoms with van der Waals surface area (Å²) in [6.07, 6.45) is 0. The summed E-state index contributed by atoms with van der Waals surface area (Å²) in [5.74, 6) is 0.500. The fourth-order valence-corrected chi connectivity index (χ4v) is 1.73. The molecule has 0 atom stereocenters. The van der Waals surface area contributed by atoms with Gasteiger partial charge in [0.1, 0.15) is 0 Å². The molecule has 2 nitrogen and oxygen atoms in total. The van der Waals surface area contributed by atoms with Gasteiger partial charge in [-0.15, -0.1) is 0 Å². The van der Waals surface area contributed by atoms with Crippen molar-refractivity contribution >= 4 is 12.5 Å². The summed E-state index contributed by atoms with van der Waals surface area (Å²) in [5, 5.41) is 3.35. The molecule has 90 valence electrons. The molecule has 0 spiro atoms. The van der Waals surface area contributed by atoms with Crippen LogP contribution in [-0.4, -0.2) is 6.72 Å². The molecule has 0 fully saturated rings. The Balaban J connectivity index is 2.24. The second kappa shape index (κ2) is 5.32. The zero-order valence-electron chi connectivity index (χ0n) is 10.4. The van der Waals surface area contributed by atoms with Crippen LogP contribution in [0.1, 0.15) is 11.1 Å². The number of benzene rings is 2. The van der Waals surface area contributed by atoms with Crippen molar-refractivity contribution in [1.82, 2.24) is 0 Å². The molecule has 18 heavy (non-hydrogen) atoms. The van der Waals surface area contributed by atoms with E-state index in [2.05, 4.69) is 49.6 Å². The van der Waals surface area contributed by atoms with Crippen LogP contribution in [0, 0.1) is 6.92 Å². The van der Waals surface area contributed by atoms with Crippen molar-refractivity contribution in [2.75, 3.05) is 0 Å². The molecule has 0 bridgehead atoms. The molecule has 2 rings (SSSR count). The molecule has 0 saturated heterocycles. The van der Waals surface area contributed by atoms with Gasteiger partial charge >= 0.3 is 0 Å². The van der Waals surface area contributed by atoms with Crippen molar-refractivity contribution in [2.24, 2.45) is 5.16 Å². The Morgan fingerprint density at radius 3 is 1.94 bits per heavy atom. The lowest BCUT2D eigenvalue weighted by atomic mass is 10.0. The van der Waals surface area contributed by atoms with E-state index in [-0.39, 0.29) is 0 Å². The van der Waals surface area contributed by atoms with Crippen LogP contribution >= 0.6 is 0 Å². The lowest BCUT2D eigenvalue weighted by Crippen LogP contribution is -1.85. The third kappa shape index (κ3) is 2.66. The van der Waals surface area contributed by atoms with E-state index >= 15 is 0 Å². The van der Waals surface area contributed by atoms with Crippen LogP contribution < -0.4 is 0 Å². The van der Waals surface area contributed by atoms with Gasteiger partial charge in [-0.1, -0.05) is 65.8 Å². The molecule has 0 saturated carbocycles. The van der Waals surface area contributed by atoms with Crippen molar-refractivity contribution in [3.63, 3.8) is 0 Å². The second-order valence-electron chi connectivity index (χ2n) is 4.09. The van der Waals surface area contributed by atoms with Gasteiger partial charge in [0, 0.05) is 12.3 Å². The molecular weight excluding hydrogens is 222 g/mol. The van der Waals surface area contributed by atoms with Crippen LogP contribution in [0.15, 0.2) is 60.3 Å². The number of hydrogen-bond donors (Lipinski definition) is 0. The lowest BCUT2D eigenvalue weighted by Gasteiger charge is -2.05. The number of oxime groups is 1. The summed E-state index contributed by atoms with van der Waals surface area (Å²) in [5.41, 5.74) is 4.52. The van der Waals surface area contributed by atoms with Crippen molar-refractivity contribution in [3.8, 4) is 11.1 Å². The average Bonchev–Trinajstić information content (AvgIpc) is 2.40. The fraction of sp³-hybridized carbons (Fsp3) is 0.0625. The molecule has 0 aliphatic heterocycles. The molecule has 0 amide bonds. The molecule has 0 N–H and O–H groups in total. The molecule has 0 unspecified atom stereocenters. The van der Waals surface area contributed by atoms with Crippen LogP contribution in [0.4, 0.5) is 0 Å². The molecule has 0 aliphatic rings. The summed E-state index contributed by atoms with van der Waals surface area (Å²) >= 11 is 0. The lowest BCUT2D eigenvalue weighted by molar-refractivity contribution is 0.303. The molecule has 0 aliphatic carbocycles.